The van der Waals surface area contributed by atoms with E-state index in [1.165, 1.54) is 0 Å². The fourth-order valence-corrected chi connectivity index (χ4v) is 3.72. The van der Waals surface area contributed by atoms with E-state index in [4.69, 9.17) is 0 Å². The number of aliphatic hydroxyl groups is 1. The third kappa shape index (κ3) is 2.06. The van der Waals surface area contributed by atoms with E-state index in [9.17, 15) is 5.11 Å². The van der Waals surface area contributed by atoms with Crippen molar-refractivity contribution in [3.63, 3.8) is 0 Å². The molecular formula is C17H22N2O. The van der Waals surface area contributed by atoms with Crippen LogP contribution in [-0.2, 0) is 5.60 Å². The molecule has 20 heavy (non-hydrogen) atoms. The van der Waals surface area contributed by atoms with Gasteiger partial charge >= 0.3 is 0 Å². The van der Waals surface area contributed by atoms with E-state index >= 15 is 0 Å². The van der Waals surface area contributed by atoms with Gasteiger partial charge in [-0.2, -0.15) is 5.10 Å². The van der Waals surface area contributed by atoms with E-state index in [-0.39, 0.29) is 11.3 Å². The standard InChI is InChI=1S/C17H22N2O/c1-13-11-16(2,3)12-17(13,20)15-9-10-18-19(15)14-7-5-4-6-8-14/h4-10,13,20H,11-12H2,1-3H3. The van der Waals surface area contributed by atoms with E-state index in [1.807, 2.05) is 41.1 Å². The predicted octanol–water partition coefficient (Wildman–Crippen LogP) is 3.52. The molecule has 1 heterocycles. The maximum atomic E-state index is 11.2. The molecule has 2 aromatic rings. The Labute approximate surface area is 120 Å². The summed E-state index contributed by atoms with van der Waals surface area (Å²) in [6.07, 6.45) is 3.58. The van der Waals surface area contributed by atoms with Crippen LogP contribution in [0, 0.1) is 11.3 Å². The number of benzene rings is 1. The molecule has 1 aliphatic rings. The van der Waals surface area contributed by atoms with Crippen molar-refractivity contribution in [2.45, 2.75) is 39.2 Å². The maximum absolute atomic E-state index is 11.2. The third-order valence-corrected chi connectivity index (χ3v) is 4.51. The lowest BCUT2D eigenvalue weighted by Crippen LogP contribution is -2.32. The summed E-state index contributed by atoms with van der Waals surface area (Å²) in [5.41, 5.74) is 1.27. The van der Waals surface area contributed by atoms with Gasteiger partial charge in [-0.3, -0.25) is 0 Å². The van der Waals surface area contributed by atoms with Crippen LogP contribution >= 0.6 is 0 Å². The molecule has 1 aromatic carbocycles. The van der Waals surface area contributed by atoms with E-state index in [0.717, 1.165) is 24.2 Å². The summed E-state index contributed by atoms with van der Waals surface area (Å²) in [6, 6.07) is 12.0. The predicted molar refractivity (Wildman–Crippen MR) is 79.6 cm³/mol. The van der Waals surface area contributed by atoms with Crippen molar-refractivity contribution in [1.82, 2.24) is 9.78 Å². The van der Waals surface area contributed by atoms with E-state index in [0.29, 0.717) is 0 Å². The van der Waals surface area contributed by atoms with Gasteiger partial charge in [-0.15, -0.1) is 0 Å². The number of hydrogen-bond acceptors (Lipinski definition) is 2. The molecule has 3 nitrogen and oxygen atoms in total. The fraction of sp³-hybridized carbons (Fsp3) is 0.471. The summed E-state index contributed by atoms with van der Waals surface area (Å²) in [7, 11) is 0. The van der Waals surface area contributed by atoms with Gasteiger partial charge in [0.15, 0.2) is 0 Å². The van der Waals surface area contributed by atoms with Gasteiger partial charge in [0, 0.05) is 6.20 Å². The highest BCUT2D eigenvalue weighted by Gasteiger charge is 2.50. The molecule has 0 aliphatic heterocycles. The Morgan fingerprint density at radius 2 is 1.90 bits per heavy atom. The average molecular weight is 270 g/mol. The molecule has 0 bridgehead atoms. The van der Waals surface area contributed by atoms with Crippen molar-refractivity contribution in [3.05, 3.63) is 48.3 Å². The Kier molecular flexibility index (Phi) is 2.98. The van der Waals surface area contributed by atoms with Gasteiger partial charge in [0.05, 0.1) is 11.4 Å². The molecule has 1 saturated carbocycles. The molecule has 3 heteroatoms. The van der Waals surface area contributed by atoms with Crippen molar-refractivity contribution >= 4 is 0 Å². The number of nitrogens with zero attached hydrogens (tertiary/aromatic N) is 2. The first kappa shape index (κ1) is 13.4. The zero-order chi connectivity index (χ0) is 14.4. The molecular weight excluding hydrogens is 248 g/mol. The fourth-order valence-electron chi connectivity index (χ4n) is 3.72. The van der Waals surface area contributed by atoms with Gasteiger partial charge in [-0.05, 0) is 42.4 Å². The van der Waals surface area contributed by atoms with Crippen LogP contribution < -0.4 is 0 Å². The molecule has 0 radical (unpaired) electrons. The van der Waals surface area contributed by atoms with Crippen LogP contribution in [0.5, 0.6) is 0 Å². The Bertz CT molecular complexity index is 602. The van der Waals surface area contributed by atoms with Gasteiger partial charge in [-0.1, -0.05) is 39.0 Å². The third-order valence-electron chi connectivity index (χ3n) is 4.51. The Hall–Kier alpha value is -1.61. The van der Waals surface area contributed by atoms with Gasteiger partial charge in [-0.25, -0.2) is 4.68 Å². The first-order valence-electron chi connectivity index (χ1n) is 7.25. The second kappa shape index (κ2) is 4.45. The summed E-state index contributed by atoms with van der Waals surface area (Å²) in [5, 5.41) is 15.7. The van der Waals surface area contributed by atoms with Gasteiger partial charge in [0.1, 0.15) is 5.60 Å². The van der Waals surface area contributed by atoms with Crippen LogP contribution in [0.1, 0.15) is 39.3 Å². The van der Waals surface area contributed by atoms with E-state index in [2.05, 4.69) is 25.9 Å². The number of para-hydroxylation sites is 1. The lowest BCUT2D eigenvalue weighted by atomic mass is 9.87. The molecule has 0 spiro atoms. The quantitative estimate of drug-likeness (QED) is 0.906. The van der Waals surface area contributed by atoms with Gasteiger partial charge < -0.3 is 5.11 Å². The number of rotatable bonds is 2. The number of hydrogen-bond donors (Lipinski definition) is 1. The van der Waals surface area contributed by atoms with Crippen molar-refractivity contribution in [2.24, 2.45) is 11.3 Å². The second-order valence-corrected chi connectivity index (χ2v) is 6.83. The number of aromatic nitrogens is 2. The SMILES string of the molecule is CC1CC(C)(C)CC1(O)c1ccnn1-c1ccccc1. The van der Waals surface area contributed by atoms with E-state index in [1.54, 1.807) is 6.20 Å². The topological polar surface area (TPSA) is 38.1 Å². The monoisotopic (exact) mass is 270 g/mol. The molecule has 2 unspecified atom stereocenters. The zero-order valence-electron chi connectivity index (χ0n) is 12.4. The Morgan fingerprint density at radius 1 is 1.20 bits per heavy atom. The van der Waals surface area contributed by atoms with E-state index < -0.39 is 5.60 Å². The Balaban J connectivity index is 2.07. The van der Waals surface area contributed by atoms with Crippen LogP contribution in [0.3, 0.4) is 0 Å². The first-order valence-corrected chi connectivity index (χ1v) is 7.25. The van der Waals surface area contributed by atoms with Crippen LogP contribution in [0.25, 0.3) is 5.69 Å². The highest BCUT2D eigenvalue weighted by molar-refractivity contribution is 5.34. The first-order chi connectivity index (χ1) is 9.42. The molecule has 0 saturated heterocycles. The minimum absolute atomic E-state index is 0.167. The lowest BCUT2D eigenvalue weighted by Gasteiger charge is -2.29. The molecule has 1 N–H and O–H groups in total. The van der Waals surface area contributed by atoms with Crippen LogP contribution in [-0.4, -0.2) is 14.9 Å². The normalized spacial score (nSPS) is 28.7. The molecule has 2 atom stereocenters. The molecule has 0 amide bonds. The molecule has 106 valence electrons. The lowest BCUT2D eigenvalue weighted by molar-refractivity contribution is -0.00716. The van der Waals surface area contributed by atoms with Crippen molar-refractivity contribution in [1.29, 1.82) is 0 Å². The summed E-state index contributed by atoms with van der Waals surface area (Å²) in [6.45, 7) is 6.59. The minimum atomic E-state index is -0.796. The van der Waals surface area contributed by atoms with Crippen LogP contribution in [0.15, 0.2) is 42.6 Å². The average Bonchev–Trinajstić information content (AvgIpc) is 2.94. The van der Waals surface area contributed by atoms with Crippen molar-refractivity contribution < 1.29 is 5.11 Å². The summed E-state index contributed by atoms with van der Waals surface area (Å²) in [4.78, 5) is 0. The molecule has 3 rings (SSSR count). The smallest absolute Gasteiger partial charge is 0.110 e. The molecule has 1 aromatic heterocycles. The molecule has 1 aliphatic carbocycles. The summed E-state index contributed by atoms with van der Waals surface area (Å²) < 4.78 is 1.87. The maximum Gasteiger partial charge on any atom is 0.110 e. The Morgan fingerprint density at radius 3 is 2.50 bits per heavy atom. The second-order valence-electron chi connectivity index (χ2n) is 6.83. The highest BCUT2D eigenvalue weighted by atomic mass is 16.3. The van der Waals surface area contributed by atoms with Gasteiger partial charge in [0.2, 0.25) is 0 Å². The highest BCUT2D eigenvalue weighted by Crippen LogP contribution is 2.52. The minimum Gasteiger partial charge on any atom is -0.383 e. The van der Waals surface area contributed by atoms with Crippen molar-refractivity contribution in [2.75, 3.05) is 0 Å². The van der Waals surface area contributed by atoms with Crippen LogP contribution in [0.4, 0.5) is 0 Å². The van der Waals surface area contributed by atoms with Crippen molar-refractivity contribution in [3.8, 4) is 5.69 Å². The largest absolute Gasteiger partial charge is 0.383 e. The summed E-state index contributed by atoms with van der Waals surface area (Å²) >= 11 is 0. The van der Waals surface area contributed by atoms with Gasteiger partial charge in [0.25, 0.3) is 0 Å². The summed E-state index contributed by atoms with van der Waals surface area (Å²) in [5.74, 6) is 0.233. The van der Waals surface area contributed by atoms with Crippen LogP contribution in [0.2, 0.25) is 0 Å². The molecule has 1 fully saturated rings. The zero-order valence-corrected chi connectivity index (χ0v) is 12.4.